The van der Waals surface area contributed by atoms with Crippen LogP contribution in [-0.4, -0.2) is 19.7 Å². The third-order valence-corrected chi connectivity index (χ3v) is 5.06. The molecule has 126 valence electrons. The van der Waals surface area contributed by atoms with Crippen LogP contribution in [0.5, 0.6) is 0 Å². The fraction of sp³-hybridized carbons (Fsp3) is 0.316. The lowest BCUT2D eigenvalue weighted by atomic mass is 10.0. The minimum Gasteiger partial charge on any atom is -0.361 e. The Bertz CT molecular complexity index is 1160. The van der Waals surface area contributed by atoms with Gasteiger partial charge in [-0.25, -0.2) is 4.79 Å². The summed E-state index contributed by atoms with van der Waals surface area (Å²) in [5.41, 5.74) is 5.47. The highest BCUT2D eigenvalue weighted by molar-refractivity contribution is 6.03. The summed E-state index contributed by atoms with van der Waals surface area (Å²) in [7, 11) is 0. The smallest absolute Gasteiger partial charge is 0.326 e. The summed E-state index contributed by atoms with van der Waals surface area (Å²) >= 11 is 0. The van der Waals surface area contributed by atoms with Crippen LogP contribution in [0.15, 0.2) is 33.7 Å². The molecular weight excluding hydrogens is 316 g/mol. The number of hydrogen-bond donors (Lipinski definition) is 1. The third kappa shape index (κ3) is 2.21. The van der Waals surface area contributed by atoms with Crippen LogP contribution >= 0.6 is 0 Å². The molecule has 1 aliphatic carbocycles. The van der Waals surface area contributed by atoms with E-state index in [4.69, 9.17) is 4.52 Å². The zero-order chi connectivity index (χ0) is 17.1. The van der Waals surface area contributed by atoms with E-state index < -0.39 is 0 Å². The minimum absolute atomic E-state index is 0.0500. The SMILES string of the molecule is Cc1noc(C)c1-c1ccc2c(c1)ncc1[nH]c(=O)n(CC3CC3)c12. The van der Waals surface area contributed by atoms with Gasteiger partial charge in [-0.05, 0) is 44.2 Å². The maximum Gasteiger partial charge on any atom is 0.326 e. The number of aromatic nitrogens is 4. The van der Waals surface area contributed by atoms with Crippen molar-refractivity contribution in [2.75, 3.05) is 0 Å². The number of aromatic amines is 1. The van der Waals surface area contributed by atoms with Crippen LogP contribution in [0.2, 0.25) is 0 Å². The Morgan fingerprint density at radius 1 is 1.32 bits per heavy atom. The Balaban J connectivity index is 1.75. The summed E-state index contributed by atoms with van der Waals surface area (Å²) in [6.07, 6.45) is 4.16. The molecule has 0 unspecified atom stereocenters. The topological polar surface area (TPSA) is 76.7 Å². The van der Waals surface area contributed by atoms with Gasteiger partial charge >= 0.3 is 5.69 Å². The molecule has 0 aliphatic heterocycles. The van der Waals surface area contributed by atoms with Gasteiger partial charge in [0.05, 0.1) is 28.4 Å². The maximum atomic E-state index is 12.3. The molecule has 6 nitrogen and oxygen atoms in total. The van der Waals surface area contributed by atoms with Gasteiger partial charge in [0.2, 0.25) is 0 Å². The van der Waals surface area contributed by atoms with E-state index >= 15 is 0 Å². The van der Waals surface area contributed by atoms with Crippen LogP contribution in [0.1, 0.15) is 24.3 Å². The second-order valence-corrected chi connectivity index (χ2v) is 6.94. The molecule has 3 aromatic heterocycles. The summed E-state index contributed by atoms with van der Waals surface area (Å²) < 4.78 is 7.15. The van der Waals surface area contributed by atoms with E-state index in [1.807, 2.05) is 30.5 Å². The molecule has 1 saturated carbocycles. The first-order chi connectivity index (χ1) is 12.1. The highest BCUT2D eigenvalue weighted by atomic mass is 16.5. The van der Waals surface area contributed by atoms with Crippen molar-refractivity contribution in [2.45, 2.75) is 33.2 Å². The lowest BCUT2D eigenvalue weighted by Gasteiger charge is -2.07. The van der Waals surface area contributed by atoms with Crippen molar-refractivity contribution in [2.24, 2.45) is 5.92 Å². The Morgan fingerprint density at radius 2 is 2.16 bits per heavy atom. The number of rotatable bonds is 3. The van der Waals surface area contributed by atoms with Gasteiger partial charge in [0.25, 0.3) is 0 Å². The number of nitrogens with one attached hydrogen (secondary N) is 1. The molecule has 0 radical (unpaired) electrons. The van der Waals surface area contributed by atoms with Gasteiger partial charge < -0.3 is 9.51 Å². The normalized spacial score (nSPS) is 14.6. The number of benzene rings is 1. The van der Waals surface area contributed by atoms with Crippen molar-refractivity contribution < 1.29 is 4.52 Å². The van der Waals surface area contributed by atoms with Crippen LogP contribution in [0.25, 0.3) is 33.1 Å². The highest BCUT2D eigenvalue weighted by Gasteiger charge is 2.24. The molecule has 1 aliphatic rings. The molecule has 25 heavy (non-hydrogen) atoms. The lowest BCUT2D eigenvalue weighted by molar-refractivity contribution is 0.393. The lowest BCUT2D eigenvalue weighted by Crippen LogP contribution is -2.17. The van der Waals surface area contributed by atoms with Gasteiger partial charge in [0.1, 0.15) is 5.76 Å². The van der Waals surface area contributed by atoms with E-state index in [0.717, 1.165) is 51.1 Å². The number of aryl methyl sites for hydroxylation is 2. The zero-order valence-corrected chi connectivity index (χ0v) is 14.2. The Labute approximate surface area is 143 Å². The average molecular weight is 334 g/mol. The fourth-order valence-electron chi connectivity index (χ4n) is 3.63. The standard InChI is InChI=1S/C19H18N4O2/c1-10-17(11(2)25-22-10)13-5-6-14-15(7-13)20-8-16-18(14)23(19(24)21-16)9-12-3-4-12/h5-8,12H,3-4,9H2,1-2H3,(H,21,24). The summed E-state index contributed by atoms with van der Waals surface area (Å²) in [4.78, 5) is 19.8. The maximum absolute atomic E-state index is 12.3. The third-order valence-electron chi connectivity index (χ3n) is 5.06. The largest absolute Gasteiger partial charge is 0.361 e. The molecule has 0 saturated heterocycles. The van der Waals surface area contributed by atoms with Gasteiger partial charge in [-0.15, -0.1) is 0 Å². The van der Waals surface area contributed by atoms with Crippen LogP contribution in [0.3, 0.4) is 0 Å². The predicted molar refractivity (Wildman–Crippen MR) is 95.6 cm³/mol. The number of pyridine rings is 1. The van der Waals surface area contributed by atoms with Gasteiger partial charge in [0.15, 0.2) is 0 Å². The van der Waals surface area contributed by atoms with E-state index in [9.17, 15) is 4.79 Å². The molecular formula is C19H18N4O2. The molecule has 0 bridgehead atoms. The highest BCUT2D eigenvalue weighted by Crippen LogP contribution is 2.33. The second-order valence-electron chi connectivity index (χ2n) is 6.94. The number of nitrogens with zero attached hydrogens (tertiary/aromatic N) is 3. The Morgan fingerprint density at radius 3 is 2.88 bits per heavy atom. The van der Waals surface area contributed by atoms with E-state index in [2.05, 4.69) is 21.2 Å². The molecule has 0 amide bonds. The van der Waals surface area contributed by atoms with Crippen LogP contribution in [0, 0.1) is 19.8 Å². The number of imidazole rings is 1. The van der Waals surface area contributed by atoms with Crippen LogP contribution < -0.4 is 5.69 Å². The van der Waals surface area contributed by atoms with E-state index in [-0.39, 0.29) is 5.69 Å². The molecule has 1 aromatic carbocycles. The van der Waals surface area contributed by atoms with Crippen molar-refractivity contribution in [3.8, 4) is 11.1 Å². The molecule has 1 fully saturated rings. The summed E-state index contributed by atoms with van der Waals surface area (Å²) in [6, 6.07) is 6.14. The molecule has 6 heteroatoms. The molecule has 0 atom stereocenters. The Hall–Kier alpha value is -2.89. The molecule has 5 rings (SSSR count). The average Bonchev–Trinajstić information content (AvgIpc) is 3.28. The first-order valence-electron chi connectivity index (χ1n) is 8.56. The summed E-state index contributed by atoms with van der Waals surface area (Å²) in [5.74, 6) is 1.42. The monoisotopic (exact) mass is 334 g/mol. The predicted octanol–water partition coefficient (Wildman–Crippen LogP) is 3.56. The van der Waals surface area contributed by atoms with E-state index in [0.29, 0.717) is 5.92 Å². The van der Waals surface area contributed by atoms with Gasteiger partial charge in [0, 0.05) is 17.5 Å². The van der Waals surface area contributed by atoms with Crippen molar-refractivity contribution >= 4 is 21.9 Å². The fourth-order valence-corrected chi connectivity index (χ4v) is 3.63. The van der Waals surface area contributed by atoms with Crippen LogP contribution in [-0.2, 0) is 6.54 Å². The van der Waals surface area contributed by atoms with E-state index in [1.54, 1.807) is 6.20 Å². The number of hydrogen-bond acceptors (Lipinski definition) is 4. The number of fused-ring (bicyclic) bond motifs is 3. The van der Waals surface area contributed by atoms with Crippen molar-refractivity contribution in [3.05, 3.63) is 46.3 Å². The van der Waals surface area contributed by atoms with Crippen LogP contribution in [0.4, 0.5) is 0 Å². The van der Waals surface area contributed by atoms with Crippen molar-refractivity contribution in [1.82, 2.24) is 19.7 Å². The first-order valence-corrected chi connectivity index (χ1v) is 8.56. The molecule has 1 N–H and O–H groups in total. The minimum atomic E-state index is -0.0500. The second kappa shape index (κ2) is 5.05. The molecule has 4 aromatic rings. The summed E-state index contributed by atoms with van der Waals surface area (Å²) in [6.45, 7) is 4.63. The molecule has 0 spiro atoms. The molecule has 3 heterocycles. The van der Waals surface area contributed by atoms with Gasteiger partial charge in [-0.1, -0.05) is 17.3 Å². The quantitative estimate of drug-likeness (QED) is 0.621. The number of H-pyrrole nitrogens is 1. The van der Waals surface area contributed by atoms with Crippen molar-refractivity contribution in [1.29, 1.82) is 0 Å². The van der Waals surface area contributed by atoms with Gasteiger partial charge in [-0.2, -0.15) is 0 Å². The van der Waals surface area contributed by atoms with Gasteiger partial charge in [-0.3, -0.25) is 9.55 Å². The Kier molecular flexibility index (Phi) is 2.92. The van der Waals surface area contributed by atoms with E-state index in [1.165, 1.54) is 12.8 Å². The van der Waals surface area contributed by atoms with Crippen molar-refractivity contribution in [3.63, 3.8) is 0 Å². The zero-order valence-electron chi connectivity index (χ0n) is 14.2. The summed E-state index contributed by atoms with van der Waals surface area (Å²) in [5, 5.41) is 5.03. The first kappa shape index (κ1) is 14.5.